The highest BCUT2D eigenvalue weighted by Gasteiger charge is 2.74. The summed E-state index contributed by atoms with van der Waals surface area (Å²) in [7, 11) is 0. The summed E-state index contributed by atoms with van der Waals surface area (Å²) in [6, 6.07) is 15.1. The van der Waals surface area contributed by atoms with E-state index < -0.39 is 5.60 Å². The molecule has 4 nitrogen and oxygen atoms in total. The maximum absolute atomic E-state index is 11.9. The van der Waals surface area contributed by atoms with Crippen LogP contribution in [0, 0.1) is 16.7 Å². The summed E-state index contributed by atoms with van der Waals surface area (Å²) < 4.78 is 6.16. The van der Waals surface area contributed by atoms with Crippen LogP contribution >= 0.6 is 0 Å². The molecule has 2 aromatic carbocycles. The van der Waals surface area contributed by atoms with Crippen molar-refractivity contribution in [3.05, 3.63) is 59.2 Å². The molecule has 4 heteroatoms. The second-order valence-electron chi connectivity index (χ2n) is 13.9. The van der Waals surface area contributed by atoms with E-state index in [0.717, 1.165) is 44.5 Å². The molecular weight excluding hydrogens is 482 g/mol. The Morgan fingerprint density at radius 2 is 1.72 bits per heavy atom. The average molecular weight is 530 g/mol. The van der Waals surface area contributed by atoms with Gasteiger partial charge in [0.2, 0.25) is 0 Å². The van der Waals surface area contributed by atoms with Crippen LogP contribution in [0.1, 0.15) is 106 Å². The standard InChI is InChI=1S/C35H47NO3/c1-33-24-30(25-7-11-28(12-8-25)39-22-6-2-3-19-36-20-4-5-21-36)32-29-13-10-27(37)23-26(29)9-14-31(32)34(33)15-17-35(33,38)18-16-34/h7-8,10-13,23,30-32,37-38H,2-6,9,14-22,24H2,1H3/t30-,31-,32+,33+,34-,35+/m1/s1. The first-order valence-corrected chi connectivity index (χ1v) is 15.9. The number of unbranched alkanes of at least 4 members (excludes halogenated alkanes) is 2. The quantitative estimate of drug-likeness (QED) is 0.356. The number of rotatable bonds is 8. The second-order valence-corrected chi connectivity index (χ2v) is 13.9. The smallest absolute Gasteiger partial charge is 0.119 e. The van der Waals surface area contributed by atoms with Crippen LogP contribution in [0.15, 0.2) is 42.5 Å². The Morgan fingerprint density at radius 3 is 2.49 bits per heavy atom. The van der Waals surface area contributed by atoms with Gasteiger partial charge in [0, 0.05) is 5.41 Å². The van der Waals surface area contributed by atoms with Gasteiger partial charge in [-0.3, -0.25) is 0 Å². The summed E-state index contributed by atoms with van der Waals surface area (Å²) in [6.07, 6.45) is 13.9. The van der Waals surface area contributed by atoms with Crippen molar-refractivity contribution in [3.8, 4) is 11.5 Å². The second kappa shape index (κ2) is 9.80. The molecule has 2 N–H and O–H groups in total. The van der Waals surface area contributed by atoms with Gasteiger partial charge in [-0.05, 0) is 161 Å². The van der Waals surface area contributed by atoms with Gasteiger partial charge in [0.15, 0.2) is 0 Å². The number of hydrogen-bond acceptors (Lipinski definition) is 4. The number of aliphatic hydroxyl groups is 1. The van der Waals surface area contributed by atoms with E-state index in [0.29, 0.717) is 23.5 Å². The molecule has 4 aliphatic carbocycles. The van der Waals surface area contributed by atoms with Crippen LogP contribution in [0.5, 0.6) is 11.5 Å². The minimum atomic E-state index is -0.511. The minimum Gasteiger partial charge on any atom is -0.508 e. The van der Waals surface area contributed by atoms with Crippen LogP contribution in [0.2, 0.25) is 0 Å². The highest BCUT2D eigenvalue weighted by atomic mass is 16.5. The summed E-state index contributed by atoms with van der Waals surface area (Å²) in [5, 5.41) is 22.1. The van der Waals surface area contributed by atoms with Crippen molar-refractivity contribution in [2.24, 2.45) is 16.7 Å². The normalized spacial score (nSPS) is 36.9. The Kier molecular flexibility index (Phi) is 6.51. The van der Waals surface area contributed by atoms with E-state index in [9.17, 15) is 10.2 Å². The third-order valence-corrected chi connectivity index (χ3v) is 12.4. The van der Waals surface area contributed by atoms with Crippen molar-refractivity contribution in [2.45, 2.75) is 101 Å². The Hall–Kier alpha value is -2.04. The van der Waals surface area contributed by atoms with Gasteiger partial charge in [0.1, 0.15) is 11.5 Å². The number of likely N-dealkylation sites (tertiary alicyclic amines) is 1. The van der Waals surface area contributed by atoms with E-state index >= 15 is 0 Å². The molecule has 7 rings (SSSR count). The SMILES string of the molecule is C[C@]12C[C@H](c3ccc(OCCCCCN4CCCC4)cc3)[C@@H]3c4ccc(O)cc4CC[C@H]3[C@]13CC[C@]2(O)CC3. The largest absolute Gasteiger partial charge is 0.508 e. The summed E-state index contributed by atoms with van der Waals surface area (Å²) >= 11 is 0. The van der Waals surface area contributed by atoms with Crippen molar-refractivity contribution in [1.29, 1.82) is 0 Å². The number of phenols is 1. The van der Waals surface area contributed by atoms with Crippen LogP contribution in [0.3, 0.4) is 0 Å². The maximum Gasteiger partial charge on any atom is 0.119 e. The van der Waals surface area contributed by atoms with Gasteiger partial charge in [0.05, 0.1) is 12.2 Å². The van der Waals surface area contributed by atoms with Crippen molar-refractivity contribution in [3.63, 3.8) is 0 Å². The van der Waals surface area contributed by atoms with Crippen LogP contribution in [-0.4, -0.2) is 47.0 Å². The minimum absolute atomic E-state index is 0.0233. The zero-order valence-corrected chi connectivity index (χ0v) is 23.8. The maximum atomic E-state index is 11.9. The molecule has 2 bridgehead atoms. The van der Waals surface area contributed by atoms with Crippen molar-refractivity contribution >= 4 is 0 Å². The molecule has 0 radical (unpaired) electrons. The van der Waals surface area contributed by atoms with Crippen LogP contribution in [0.25, 0.3) is 0 Å². The predicted molar refractivity (Wildman–Crippen MR) is 155 cm³/mol. The number of nitrogens with zero attached hydrogens (tertiary/aromatic N) is 1. The van der Waals surface area contributed by atoms with Gasteiger partial charge >= 0.3 is 0 Å². The van der Waals surface area contributed by atoms with E-state index in [1.54, 1.807) is 0 Å². The number of aromatic hydroxyl groups is 1. The van der Waals surface area contributed by atoms with Crippen molar-refractivity contribution < 1.29 is 14.9 Å². The number of fused-ring (bicyclic) bond motifs is 3. The molecule has 39 heavy (non-hydrogen) atoms. The van der Waals surface area contributed by atoms with Crippen molar-refractivity contribution in [1.82, 2.24) is 4.90 Å². The molecule has 5 aliphatic rings. The Bertz CT molecular complexity index is 1180. The summed E-state index contributed by atoms with van der Waals surface area (Å²) in [5.41, 5.74) is 3.87. The van der Waals surface area contributed by atoms with Gasteiger partial charge in [-0.15, -0.1) is 0 Å². The lowest BCUT2D eigenvalue weighted by molar-refractivity contribution is -0.108. The fraction of sp³-hybridized carbons (Fsp3) is 0.657. The number of benzene rings is 2. The molecule has 0 amide bonds. The number of aryl methyl sites for hydroxylation is 1. The fourth-order valence-corrected chi connectivity index (χ4v) is 10.3. The molecule has 210 valence electrons. The zero-order chi connectivity index (χ0) is 26.7. The molecule has 3 saturated carbocycles. The molecule has 2 aromatic rings. The Labute approximate surface area is 234 Å². The average Bonchev–Trinajstić information content (AvgIpc) is 3.60. The zero-order valence-electron chi connectivity index (χ0n) is 23.8. The topological polar surface area (TPSA) is 52.9 Å². The molecule has 0 spiro atoms. The van der Waals surface area contributed by atoms with Gasteiger partial charge in [-0.1, -0.05) is 25.1 Å². The first-order chi connectivity index (χ1) is 18.9. The van der Waals surface area contributed by atoms with E-state index in [1.165, 1.54) is 81.3 Å². The highest BCUT2D eigenvalue weighted by molar-refractivity contribution is 5.45. The molecular formula is C35H47NO3. The van der Waals surface area contributed by atoms with E-state index in [2.05, 4.69) is 42.2 Å². The van der Waals surface area contributed by atoms with Crippen molar-refractivity contribution in [2.75, 3.05) is 26.2 Å². The predicted octanol–water partition coefficient (Wildman–Crippen LogP) is 7.18. The number of phenolic OH excluding ortho intramolecular Hbond substituents is 1. The monoisotopic (exact) mass is 529 g/mol. The first kappa shape index (κ1) is 25.9. The molecule has 1 heterocycles. The third-order valence-electron chi connectivity index (χ3n) is 12.4. The number of hydrogen-bond donors (Lipinski definition) is 2. The van der Waals surface area contributed by atoms with Gasteiger partial charge in [-0.2, -0.15) is 0 Å². The molecule has 4 fully saturated rings. The number of ether oxygens (including phenoxy) is 1. The first-order valence-electron chi connectivity index (χ1n) is 15.9. The van der Waals surface area contributed by atoms with Crippen LogP contribution in [-0.2, 0) is 6.42 Å². The lowest BCUT2D eigenvalue weighted by Gasteiger charge is -2.59. The Balaban J connectivity index is 1.09. The summed E-state index contributed by atoms with van der Waals surface area (Å²) in [4.78, 5) is 2.60. The highest BCUT2D eigenvalue weighted by Crippen LogP contribution is 2.79. The lowest BCUT2D eigenvalue weighted by atomic mass is 9.45. The van der Waals surface area contributed by atoms with Crippen LogP contribution < -0.4 is 4.74 Å². The molecule has 0 unspecified atom stereocenters. The molecule has 4 atom stereocenters. The van der Waals surface area contributed by atoms with Gasteiger partial charge in [0.25, 0.3) is 0 Å². The Morgan fingerprint density at radius 1 is 0.949 bits per heavy atom. The molecule has 0 aromatic heterocycles. The van der Waals surface area contributed by atoms with Gasteiger partial charge < -0.3 is 19.8 Å². The molecule has 1 aliphatic heterocycles. The fourth-order valence-electron chi connectivity index (χ4n) is 10.3. The van der Waals surface area contributed by atoms with E-state index in [1.807, 2.05) is 12.1 Å². The third kappa shape index (κ3) is 4.07. The summed E-state index contributed by atoms with van der Waals surface area (Å²) in [6.45, 7) is 7.05. The molecule has 1 saturated heterocycles. The summed E-state index contributed by atoms with van der Waals surface area (Å²) in [5.74, 6) is 2.77. The van der Waals surface area contributed by atoms with Gasteiger partial charge in [-0.25, -0.2) is 0 Å². The van der Waals surface area contributed by atoms with E-state index in [-0.39, 0.29) is 10.8 Å². The lowest BCUT2D eigenvalue weighted by Crippen LogP contribution is -2.54. The van der Waals surface area contributed by atoms with E-state index in [4.69, 9.17) is 4.74 Å². The van der Waals surface area contributed by atoms with Crippen LogP contribution in [0.4, 0.5) is 0 Å².